The Morgan fingerprint density at radius 1 is 0.730 bits per heavy atom. The summed E-state index contributed by atoms with van der Waals surface area (Å²) >= 11 is 0. The molecule has 0 radical (unpaired) electrons. The fourth-order valence-corrected chi connectivity index (χ4v) is 4.20. The maximum atomic E-state index is 9.13. The fraction of sp³-hybridized carbons (Fsp3) is 0.0303. The number of aryl methyl sites for hydroxylation is 1. The van der Waals surface area contributed by atoms with Crippen molar-refractivity contribution in [1.29, 1.82) is 5.26 Å². The Hall–Kier alpha value is -5.32. The van der Waals surface area contributed by atoms with E-state index in [-0.39, 0.29) is 0 Å². The van der Waals surface area contributed by atoms with E-state index < -0.39 is 0 Å². The first-order valence-electron chi connectivity index (χ1n) is 11.8. The van der Waals surface area contributed by atoms with Crippen LogP contribution in [0.5, 0.6) is 0 Å². The minimum absolute atomic E-state index is 0.611. The lowest BCUT2D eigenvalue weighted by Gasteiger charge is -2.12. The van der Waals surface area contributed by atoms with Gasteiger partial charge in [0, 0.05) is 29.1 Å². The van der Waals surface area contributed by atoms with Crippen LogP contribution < -0.4 is 0 Å². The number of pyridine rings is 2. The standard InChI is InChI=1S/C33H22N4/c1-23-18-30(22-36-32(23)27-14-16-31(35-2)17-15-27)33-28(13-8-24-6-4-3-5-7-24)19-29(21-37-33)26-11-9-25(20-34)10-12-26/h3-19,21-22H,1H3/b13-8+. The zero-order valence-corrected chi connectivity index (χ0v) is 20.3. The average Bonchev–Trinajstić information content (AvgIpc) is 2.96. The molecule has 0 aliphatic carbocycles. The second kappa shape index (κ2) is 10.5. The highest BCUT2D eigenvalue weighted by Gasteiger charge is 2.12. The third-order valence-electron chi connectivity index (χ3n) is 6.14. The molecule has 4 nitrogen and oxygen atoms in total. The molecule has 0 atom stereocenters. The van der Waals surface area contributed by atoms with E-state index in [0.717, 1.165) is 50.3 Å². The lowest BCUT2D eigenvalue weighted by atomic mass is 9.98. The maximum Gasteiger partial charge on any atom is 0.187 e. The molecular formula is C33H22N4. The molecule has 0 N–H and O–H groups in total. The molecule has 4 heteroatoms. The molecule has 174 valence electrons. The SMILES string of the molecule is [C-]#[N+]c1ccc(-c2ncc(-c3ncc(-c4ccc(C#N)cc4)cc3/C=C/c3ccccc3)cc2C)cc1. The zero-order chi connectivity index (χ0) is 25.6. The molecule has 0 unspecified atom stereocenters. The van der Waals surface area contributed by atoms with E-state index in [1.807, 2.05) is 86.0 Å². The van der Waals surface area contributed by atoms with E-state index in [1.165, 1.54) is 0 Å². The quantitative estimate of drug-likeness (QED) is 0.240. The van der Waals surface area contributed by atoms with Crippen molar-refractivity contribution >= 4 is 17.8 Å². The van der Waals surface area contributed by atoms with Crippen LogP contribution in [0.2, 0.25) is 0 Å². The van der Waals surface area contributed by atoms with Crippen LogP contribution in [0.25, 0.3) is 50.6 Å². The highest BCUT2D eigenvalue weighted by Crippen LogP contribution is 2.31. The summed E-state index contributed by atoms with van der Waals surface area (Å²) in [5.74, 6) is 0. The van der Waals surface area contributed by atoms with E-state index in [9.17, 15) is 0 Å². The van der Waals surface area contributed by atoms with Gasteiger partial charge in [0.15, 0.2) is 5.69 Å². The number of hydrogen-bond acceptors (Lipinski definition) is 3. The van der Waals surface area contributed by atoms with E-state index >= 15 is 0 Å². The summed E-state index contributed by atoms with van der Waals surface area (Å²) in [4.78, 5) is 13.1. The van der Waals surface area contributed by atoms with Gasteiger partial charge in [0.2, 0.25) is 0 Å². The van der Waals surface area contributed by atoms with Gasteiger partial charge in [-0.3, -0.25) is 9.97 Å². The lowest BCUT2D eigenvalue weighted by Crippen LogP contribution is -1.94. The minimum atomic E-state index is 0.611. The summed E-state index contributed by atoms with van der Waals surface area (Å²) in [6, 6.07) is 31.6. The van der Waals surface area contributed by atoms with E-state index in [2.05, 4.69) is 47.3 Å². The monoisotopic (exact) mass is 474 g/mol. The van der Waals surface area contributed by atoms with E-state index in [0.29, 0.717) is 11.3 Å². The first-order chi connectivity index (χ1) is 18.1. The van der Waals surface area contributed by atoms with Crippen LogP contribution in [0.4, 0.5) is 5.69 Å². The lowest BCUT2D eigenvalue weighted by molar-refractivity contribution is 1.24. The van der Waals surface area contributed by atoms with Gasteiger partial charge in [-0.15, -0.1) is 0 Å². The van der Waals surface area contributed by atoms with Crippen molar-refractivity contribution in [2.45, 2.75) is 6.92 Å². The molecule has 0 bridgehead atoms. The summed E-state index contributed by atoms with van der Waals surface area (Å²) < 4.78 is 0. The molecular weight excluding hydrogens is 452 g/mol. The second-order valence-corrected chi connectivity index (χ2v) is 8.64. The molecule has 5 aromatic rings. The normalized spacial score (nSPS) is 10.7. The Kier molecular flexibility index (Phi) is 6.66. The average molecular weight is 475 g/mol. The highest BCUT2D eigenvalue weighted by atomic mass is 14.7. The predicted molar refractivity (Wildman–Crippen MR) is 149 cm³/mol. The Labute approximate surface area is 216 Å². The van der Waals surface area contributed by atoms with Gasteiger partial charge in [-0.25, -0.2) is 4.85 Å². The van der Waals surface area contributed by atoms with Crippen LogP contribution in [0, 0.1) is 24.8 Å². The topological polar surface area (TPSA) is 53.9 Å². The number of nitrogens with zero attached hydrogens (tertiary/aromatic N) is 4. The predicted octanol–water partition coefficient (Wildman–Crippen LogP) is 8.38. The van der Waals surface area contributed by atoms with Gasteiger partial charge in [0.05, 0.1) is 29.6 Å². The van der Waals surface area contributed by atoms with Crippen molar-refractivity contribution in [3.8, 4) is 39.7 Å². The third-order valence-corrected chi connectivity index (χ3v) is 6.14. The summed E-state index contributed by atoms with van der Waals surface area (Å²) in [5, 5.41) is 9.13. The van der Waals surface area contributed by atoms with Gasteiger partial charge in [-0.1, -0.05) is 78.9 Å². The Bertz CT molecular complexity index is 1670. The smallest absolute Gasteiger partial charge is 0.187 e. The number of benzene rings is 3. The van der Waals surface area contributed by atoms with Gasteiger partial charge < -0.3 is 0 Å². The minimum Gasteiger partial charge on any atom is -0.255 e. The first kappa shape index (κ1) is 23.4. The summed E-state index contributed by atoms with van der Waals surface area (Å²) in [6.45, 7) is 9.21. The molecule has 37 heavy (non-hydrogen) atoms. The highest BCUT2D eigenvalue weighted by molar-refractivity contribution is 5.82. The van der Waals surface area contributed by atoms with E-state index in [1.54, 1.807) is 0 Å². The van der Waals surface area contributed by atoms with Crippen LogP contribution in [0.3, 0.4) is 0 Å². The molecule has 0 spiro atoms. The number of rotatable bonds is 5. The molecule has 0 saturated heterocycles. The molecule has 0 aliphatic rings. The first-order valence-corrected chi connectivity index (χ1v) is 11.8. The van der Waals surface area contributed by atoms with Crippen LogP contribution in [0.1, 0.15) is 22.3 Å². The molecule has 0 aliphatic heterocycles. The van der Waals surface area contributed by atoms with Crippen molar-refractivity contribution in [1.82, 2.24) is 9.97 Å². The van der Waals surface area contributed by atoms with Gasteiger partial charge in [0.1, 0.15) is 0 Å². The maximum absolute atomic E-state index is 9.13. The molecule has 3 aromatic carbocycles. The molecule has 2 heterocycles. The van der Waals surface area contributed by atoms with Crippen molar-refractivity contribution in [3.05, 3.63) is 137 Å². The summed E-state index contributed by atoms with van der Waals surface area (Å²) in [7, 11) is 0. The second-order valence-electron chi connectivity index (χ2n) is 8.64. The Morgan fingerprint density at radius 2 is 1.41 bits per heavy atom. The van der Waals surface area contributed by atoms with Gasteiger partial charge in [0.25, 0.3) is 0 Å². The Morgan fingerprint density at radius 3 is 2.08 bits per heavy atom. The Balaban J connectivity index is 1.56. The molecule has 2 aromatic heterocycles. The van der Waals surface area contributed by atoms with Crippen molar-refractivity contribution in [2.75, 3.05) is 0 Å². The van der Waals surface area contributed by atoms with Gasteiger partial charge in [-0.2, -0.15) is 5.26 Å². The van der Waals surface area contributed by atoms with Crippen LogP contribution >= 0.6 is 0 Å². The molecule has 0 saturated carbocycles. The van der Waals surface area contributed by atoms with Gasteiger partial charge >= 0.3 is 0 Å². The fourth-order valence-electron chi connectivity index (χ4n) is 4.20. The van der Waals surface area contributed by atoms with Crippen LogP contribution in [-0.2, 0) is 0 Å². The van der Waals surface area contributed by atoms with Crippen LogP contribution in [-0.4, -0.2) is 9.97 Å². The van der Waals surface area contributed by atoms with Crippen molar-refractivity contribution < 1.29 is 0 Å². The van der Waals surface area contributed by atoms with Crippen molar-refractivity contribution in [2.24, 2.45) is 0 Å². The number of aromatic nitrogens is 2. The van der Waals surface area contributed by atoms with E-state index in [4.69, 9.17) is 21.8 Å². The molecule has 0 amide bonds. The van der Waals surface area contributed by atoms with Gasteiger partial charge in [-0.05, 0) is 53.4 Å². The van der Waals surface area contributed by atoms with Crippen LogP contribution in [0.15, 0.2) is 103 Å². The third kappa shape index (κ3) is 5.20. The zero-order valence-electron chi connectivity index (χ0n) is 20.3. The largest absolute Gasteiger partial charge is 0.255 e. The summed E-state index contributed by atoms with van der Waals surface area (Å²) in [6.07, 6.45) is 7.88. The number of hydrogen-bond donors (Lipinski definition) is 0. The van der Waals surface area contributed by atoms with Crippen molar-refractivity contribution in [3.63, 3.8) is 0 Å². The molecule has 0 fully saturated rings. The summed E-state index contributed by atoms with van der Waals surface area (Å²) in [5.41, 5.74) is 9.95. The number of nitriles is 1. The molecule has 5 rings (SSSR count).